The normalized spacial score (nSPS) is 26.8. The quantitative estimate of drug-likeness (QED) is 0.548. The summed E-state index contributed by atoms with van der Waals surface area (Å²) in [7, 11) is 1.41. The number of esters is 1. The molecule has 2 rings (SSSR count). The summed E-state index contributed by atoms with van der Waals surface area (Å²) in [5.74, 6) is -0.719. The third-order valence-electron chi connectivity index (χ3n) is 2.81. The fourth-order valence-electron chi connectivity index (χ4n) is 1.96. The van der Waals surface area contributed by atoms with Crippen molar-refractivity contribution in [3.8, 4) is 0 Å². The van der Waals surface area contributed by atoms with Crippen molar-refractivity contribution in [1.82, 2.24) is 4.90 Å². The number of rotatable bonds is 2. The average Bonchev–Trinajstić information content (AvgIpc) is 2.33. The van der Waals surface area contributed by atoms with Crippen LogP contribution < -0.4 is 5.73 Å². The molecule has 1 amide bonds. The summed E-state index contributed by atoms with van der Waals surface area (Å²) in [5, 5.41) is 0. The molecule has 0 saturated carbocycles. The standard InChI is InChI=1S/C12H18N2O5/c1-12(2,3)19-11(16)8-6(17-4)5-18-10-7(13)9(15)14(8)10/h7,10H,5,13H2,1-4H3/t7-,10-/m1/s1. The highest BCUT2D eigenvalue weighted by atomic mass is 16.6. The molecule has 7 heteroatoms. The second-order valence-electron chi connectivity index (χ2n) is 5.41. The van der Waals surface area contributed by atoms with Gasteiger partial charge < -0.3 is 19.9 Å². The van der Waals surface area contributed by atoms with Gasteiger partial charge in [0.25, 0.3) is 5.91 Å². The summed E-state index contributed by atoms with van der Waals surface area (Å²) < 4.78 is 15.7. The Hall–Kier alpha value is -1.60. The van der Waals surface area contributed by atoms with E-state index in [-0.39, 0.29) is 24.0 Å². The van der Waals surface area contributed by atoms with Gasteiger partial charge in [0.15, 0.2) is 17.7 Å². The van der Waals surface area contributed by atoms with Gasteiger partial charge in [-0.15, -0.1) is 0 Å². The van der Waals surface area contributed by atoms with Crippen LogP contribution in [0, 0.1) is 0 Å². The Morgan fingerprint density at radius 1 is 1.47 bits per heavy atom. The van der Waals surface area contributed by atoms with Gasteiger partial charge in [0.2, 0.25) is 0 Å². The molecule has 106 valence electrons. The van der Waals surface area contributed by atoms with Crippen LogP contribution in [0.15, 0.2) is 11.5 Å². The van der Waals surface area contributed by atoms with Crippen LogP contribution >= 0.6 is 0 Å². The number of hydrogen-bond donors (Lipinski definition) is 1. The molecule has 2 atom stereocenters. The predicted octanol–water partition coefficient (Wildman–Crippen LogP) is -0.288. The van der Waals surface area contributed by atoms with Crippen LogP contribution in [0.4, 0.5) is 0 Å². The summed E-state index contributed by atoms with van der Waals surface area (Å²) in [6.45, 7) is 5.34. The van der Waals surface area contributed by atoms with E-state index in [0.717, 1.165) is 0 Å². The number of fused-ring (bicyclic) bond motifs is 1. The number of β-lactam (4-membered cyclic amide) rings is 1. The van der Waals surface area contributed by atoms with Gasteiger partial charge >= 0.3 is 5.97 Å². The molecule has 0 spiro atoms. The van der Waals surface area contributed by atoms with Crippen molar-refractivity contribution < 1.29 is 23.8 Å². The number of amides is 1. The topological polar surface area (TPSA) is 91.1 Å². The molecule has 1 saturated heterocycles. The summed E-state index contributed by atoms with van der Waals surface area (Å²) in [4.78, 5) is 25.1. The number of hydrogen-bond acceptors (Lipinski definition) is 6. The van der Waals surface area contributed by atoms with Gasteiger partial charge in [-0.3, -0.25) is 9.69 Å². The summed E-state index contributed by atoms with van der Waals surface area (Å²) >= 11 is 0. The highest BCUT2D eigenvalue weighted by Crippen LogP contribution is 2.33. The summed E-state index contributed by atoms with van der Waals surface area (Å²) in [6, 6.07) is -0.740. The average molecular weight is 270 g/mol. The second-order valence-corrected chi connectivity index (χ2v) is 5.41. The molecular formula is C12H18N2O5. The first-order chi connectivity index (χ1) is 8.76. The zero-order valence-electron chi connectivity index (χ0n) is 11.4. The van der Waals surface area contributed by atoms with E-state index < -0.39 is 23.8 Å². The molecule has 0 aromatic carbocycles. The van der Waals surface area contributed by atoms with E-state index in [1.807, 2.05) is 0 Å². The lowest BCUT2D eigenvalue weighted by Gasteiger charge is -2.47. The van der Waals surface area contributed by atoms with Crippen molar-refractivity contribution in [3.63, 3.8) is 0 Å². The Bertz CT molecular complexity index is 452. The number of ether oxygens (including phenoxy) is 3. The Labute approximate surface area is 111 Å². The number of nitrogens with zero attached hydrogens (tertiary/aromatic N) is 1. The molecule has 0 aromatic rings. The van der Waals surface area contributed by atoms with E-state index >= 15 is 0 Å². The van der Waals surface area contributed by atoms with E-state index in [1.165, 1.54) is 12.0 Å². The lowest BCUT2D eigenvalue weighted by atomic mass is 10.0. The van der Waals surface area contributed by atoms with Crippen LogP contribution in [0.2, 0.25) is 0 Å². The van der Waals surface area contributed by atoms with Crippen LogP contribution in [-0.4, -0.2) is 48.4 Å². The minimum Gasteiger partial charge on any atom is -0.496 e. The first kappa shape index (κ1) is 13.8. The van der Waals surface area contributed by atoms with Crippen molar-refractivity contribution in [1.29, 1.82) is 0 Å². The van der Waals surface area contributed by atoms with Gasteiger partial charge in [-0.25, -0.2) is 4.79 Å². The van der Waals surface area contributed by atoms with Crippen LogP contribution in [0.25, 0.3) is 0 Å². The molecule has 19 heavy (non-hydrogen) atoms. The van der Waals surface area contributed by atoms with Crippen molar-refractivity contribution in [2.45, 2.75) is 38.6 Å². The summed E-state index contributed by atoms with van der Waals surface area (Å²) in [6.07, 6.45) is -0.617. The predicted molar refractivity (Wildman–Crippen MR) is 64.4 cm³/mol. The minimum atomic E-state index is -0.740. The van der Waals surface area contributed by atoms with Gasteiger partial charge in [0.05, 0.1) is 7.11 Å². The first-order valence-corrected chi connectivity index (χ1v) is 5.97. The van der Waals surface area contributed by atoms with E-state index in [4.69, 9.17) is 19.9 Å². The second kappa shape index (κ2) is 4.50. The molecule has 0 bridgehead atoms. The van der Waals surface area contributed by atoms with E-state index in [2.05, 4.69) is 0 Å². The van der Waals surface area contributed by atoms with Gasteiger partial charge in [-0.05, 0) is 20.8 Å². The Morgan fingerprint density at radius 2 is 2.11 bits per heavy atom. The molecular weight excluding hydrogens is 252 g/mol. The third kappa shape index (κ3) is 2.31. The lowest BCUT2D eigenvalue weighted by molar-refractivity contribution is -0.187. The zero-order valence-corrected chi connectivity index (χ0v) is 11.4. The largest absolute Gasteiger partial charge is 0.496 e. The van der Waals surface area contributed by atoms with Crippen molar-refractivity contribution in [3.05, 3.63) is 11.5 Å². The first-order valence-electron chi connectivity index (χ1n) is 5.97. The number of methoxy groups -OCH3 is 1. The Balaban J connectivity index is 2.30. The molecule has 1 fully saturated rings. The molecule has 2 N–H and O–H groups in total. The Morgan fingerprint density at radius 3 is 2.63 bits per heavy atom. The van der Waals surface area contributed by atoms with Crippen LogP contribution in [0.1, 0.15) is 20.8 Å². The SMILES string of the molecule is COC1=C(C(=O)OC(C)(C)C)N2C(=O)[C@@H](N)[C@H]2OC1. The van der Waals surface area contributed by atoms with Crippen LogP contribution in [0.3, 0.4) is 0 Å². The van der Waals surface area contributed by atoms with Crippen molar-refractivity contribution in [2.24, 2.45) is 5.73 Å². The van der Waals surface area contributed by atoms with Gasteiger partial charge in [-0.1, -0.05) is 0 Å². The molecule has 0 radical (unpaired) electrons. The molecule has 2 aliphatic rings. The monoisotopic (exact) mass is 270 g/mol. The molecule has 2 aliphatic heterocycles. The molecule has 0 aliphatic carbocycles. The fourth-order valence-corrected chi connectivity index (χ4v) is 1.96. The molecule has 2 heterocycles. The number of carbonyl (C=O) groups excluding carboxylic acids is 2. The fraction of sp³-hybridized carbons (Fsp3) is 0.667. The maximum absolute atomic E-state index is 12.2. The lowest BCUT2D eigenvalue weighted by Crippen LogP contribution is -2.71. The summed E-state index contributed by atoms with van der Waals surface area (Å²) in [5.41, 5.74) is 5.05. The van der Waals surface area contributed by atoms with Crippen LogP contribution in [-0.2, 0) is 23.8 Å². The van der Waals surface area contributed by atoms with Crippen molar-refractivity contribution in [2.75, 3.05) is 13.7 Å². The third-order valence-corrected chi connectivity index (χ3v) is 2.81. The van der Waals surface area contributed by atoms with Gasteiger partial charge in [-0.2, -0.15) is 0 Å². The van der Waals surface area contributed by atoms with Crippen molar-refractivity contribution >= 4 is 11.9 Å². The maximum atomic E-state index is 12.2. The highest BCUT2D eigenvalue weighted by molar-refractivity contribution is 6.00. The molecule has 0 aromatic heterocycles. The number of carbonyl (C=O) groups is 2. The van der Waals surface area contributed by atoms with Crippen LogP contribution in [0.5, 0.6) is 0 Å². The van der Waals surface area contributed by atoms with Gasteiger partial charge in [0.1, 0.15) is 18.2 Å². The molecule has 7 nitrogen and oxygen atoms in total. The number of nitrogens with two attached hydrogens (primary N) is 1. The highest BCUT2D eigenvalue weighted by Gasteiger charge is 2.53. The smallest absolute Gasteiger partial charge is 0.359 e. The Kier molecular flexibility index (Phi) is 3.27. The van der Waals surface area contributed by atoms with E-state index in [1.54, 1.807) is 20.8 Å². The maximum Gasteiger partial charge on any atom is 0.359 e. The van der Waals surface area contributed by atoms with E-state index in [0.29, 0.717) is 0 Å². The molecule has 0 unspecified atom stereocenters. The van der Waals surface area contributed by atoms with Gasteiger partial charge in [0, 0.05) is 0 Å². The minimum absolute atomic E-state index is 0.0837. The van der Waals surface area contributed by atoms with E-state index in [9.17, 15) is 9.59 Å². The zero-order chi connectivity index (χ0) is 14.4.